The first-order valence-electron chi connectivity index (χ1n) is 5.25. The van der Waals surface area contributed by atoms with Crippen molar-refractivity contribution in [3.8, 4) is 0 Å². The quantitative estimate of drug-likeness (QED) is 0.573. The molecule has 0 saturated carbocycles. The number of benzene rings is 1. The zero-order valence-electron chi connectivity index (χ0n) is 9.11. The first kappa shape index (κ1) is 12.6. The number of nitrogens with one attached hydrogen (secondary N) is 1. The van der Waals surface area contributed by atoms with Gasteiger partial charge in [0.1, 0.15) is 0 Å². The van der Waals surface area contributed by atoms with Gasteiger partial charge in [-0.2, -0.15) is 0 Å². The highest BCUT2D eigenvalue weighted by Crippen LogP contribution is 2.26. The number of hydrogen-bond acceptors (Lipinski definition) is 2. The van der Waals surface area contributed by atoms with Crippen molar-refractivity contribution in [1.82, 2.24) is 9.55 Å². The maximum absolute atomic E-state index is 5.39. The van der Waals surface area contributed by atoms with E-state index in [0.29, 0.717) is 0 Å². The Balaban J connectivity index is 2.15. The molecule has 0 aliphatic rings. The van der Waals surface area contributed by atoms with Crippen LogP contribution >= 0.6 is 55.4 Å². The molecule has 1 aromatic carbocycles. The van der Waals surface area contributed by atoms with Crippen LogP contribution in [0.4, 0.5) is 0 Å². The first-order valence-corrected chi connectivity index (χ1v) is 8.12. The molecule has 0 atom stereocenters. The van der Waals surface area contributed by atoms with Gasteiger partial charge in [-0.15, -0.1) is 11.3 Å². The smallest absolute Gasteiger partial charge is 0.178 e. The molecule has 1 N–H and O–H groups in total. The van der Waals surface area contributed by atoms with Crippen LogP contribution in [0.2, 0.25) is 0 Å². The number of thiophene rings is 1. The van der Waals surface area contributed by atoms with E-state index in [1.165, 1.54) is 4.88 Å². The average molecular weight is 404 g/mol. The molecule has 2 heterocycles. The van der Waals surface area contributed by atoms with Gasteiger partial charge in [0.25, 0.3) is 0 Å². The molecule has 0 unspecified atom stereocenters. The van der Waals surface area contributed by atoms with Crippen molar-refractivity contribution in [3.63, 3.8) is 0 Å². The number of fused-ring (bicyclic) bond motifs is 1. The van der Waals surface area contributed by atoms with E-state index in [9.17, 15) is 0 Å². The Morgan fingerprint density at radius 2 is 2.11 bits per heavy atom. The van der Waals surface area contributed by atoms with E-state index in [4.69, 9.17) is 12.2 Å². The number of rotatable bonds is 2. The second-order valence-electron chi connectivity index (χ2n) is 3.87. The maximum Gasteiger partial charge on any atom is 0.178 e. The summed E-state index contributed by atoms with van der Waals surface area (Å²) in [6.45, 7) is 0.790. The first-order chi connectivity index (χ1) is 8.65. The summed E-state index contributed by atoms with van der Waals surface area (Å²) in [5.74, 6) is 0. The van der Waals surface area contributed by atoms with E-state index in [-0.39, 0.29) is 0 Å². The molecule has 3 aromatic rings. The van der Waals surface area contributed by atoms with E-state index in [1.54, 1.807) is 11.3 Å². The average Bonchev–Trinajstić information content (AvgIpc) is 2.85. The summed E-state index contributed by atoms with van der Waals surface area (Å²) in [6.07, 6.45) is 0. The van der Waals surface area contributed by atoms with Gasteiger partial charge >= 0.3 is 0 Å². The number of halogens is 2. The fourth-order valence-electron chi connectivity index (χ4n) is 1.87. The van der Waals surface area contributed by atoms with Gasteiger partial charge in [0.2, 0.25) is 0 Å². The van der Waals surface area contributed by atoms with E-state index in [1.807, 2.05) is 12.1 Å². The van der Waals surface area contributed by atoms with Crippen LogP contribution in [-0.2, 0) is 6.54 Å². The minimum atomic E-state index is 0.753. The van der Waals surface area contributed by atoms with E-state index in [0.717, 1.165) is 31.3 Å². The second kappa shape index (κ2) is 4.92. The molecule has 0 amide bonds. The second-order valence-corrected chi connectivity index (χ2v) is 7.03. The molecule has 0 fully saturated rings. The summed E-state index contributed by atoms with van der Waals surface area (Å²) in [5, 5.41) is 2.08. The highest BCUT2D eigenvalue weighted by molar-refractivity contribution is 9.10. The number of H-pyrrole nitrogens is 1. The van der Waals surface area contributed by atoms with Gasteiger partial charge in [-0.3, -0.25) is 0 Å². The standard InChI is InChI=1S/C12H8Br2N2S2/c13-7-1-2-10-9(5-7)15-12(17)16(10)6-11-8(14)3-4-18-11/h1-5H,6H2,(H,15,17). The van der Waals surface area contributed by atoms with Gasteiger partial charge in [-0.1, -0.05) is 15.9 Å². The lowest BCUT2D eigenvalue weighted by Crippen LogP contribution is -1.98. The Labute approximate surface area is 130 Å². The molecule has 2 nitrogen and oxygen atoms in total. The largest absolute Gasteiger partial charge is 0.331 e. The molecule has 2 aromatic heterocycles. The van der Waals surface area contributed by atoms with E-state index < -0.39 is 0 Å². The molecular weight excluding hydrogens is 396 g/mol. The summed E-state index contributed by atoms with van der Waals surface area (Å²) < 4.78 is 5.06. The fourth-order valence-corrected chi connectivity index (χ4v) is 3.97. The Kier molecular flexibility index (Phi) is 3.44. The molecule has 3 rings (SSSR count). The van der Waals surface area contributed by atoms with Crippen molar-refractivity contribution >= 4 is 66.4 Å². The molecule has 0 saturated heterocycles. The van der Waals surface area contributed by atoms with Gasteiger partial charge in [-0.25, -0.2) is 0 Å². The summed E-state index contributed by atoms with van der Waals surface area (Å²) in [6, 6.07) is 8.22. The zero-order chi connectivity index (χ0) is 12.7. The minimum Gasteiger partial charge on any atom is -0.331 e. The summed E-state index contributed by atoms with van der Waals surface area (Å²) in [7, 11) is 0. The van der Waals surface area contributed by atoms with Gasteiger partial charge in [0.15, 0.2) is 4.77 Å². The molecule has 0 aliphatic heterocycles. The van der Waals surface area contributed by atoms with Gasteiger partial charge in [0, 0.05) is 13.8 Å². The third-order valence-corrected chi connectivity index (χ3v) is 5.46. The third kappa shape index (κ3) is 2.22. The lowest BCUT2D eigenvalue weighted by molar-refractivity contribution is 0.821. The van der Waals surface area contributed by atoms with Crippen LogP contribution in [0, 0.1) is 4.77 Å². The van der Waals surface area contributed by atoms with E-state index in [2.05, 4.69) is 58.9 Å². The Morgan fingerprint density at radius 3 is 2.83 bits per heavy atom. The lowest BCUT2D eigenvalue weighted by Gasteiger charge is -2.03. The number of hydrogen-bond donors (Lipinski definition) is 1. The van der Waals surface area contributed by atoms with Crippen LogP contribution in [0.25, 0.3) is 11.0 Å². The number of aromatic amines is 1. The summed E-state index contributed by atoms with van der Waals surface area (Å²) >= 11 is 14.2. The maximum atomic E-state index is 5.39. The summed E-state index contributed by atoms with van der Waals surface area (Å²) in [5.41, 5.74) is 2.19. The molecule has 0 spiro atoms. The Hall–Kier alpha value is -0.430. The number of imidazole rings is 1. The van der Waals surface area contributed by atoms with Crippen LogP contribution in [0.5, 0.6) is 0 Å². The minimum absolute atomic E-state index is 0.753. The molecule has 6 heteroatoms. The highest BCUT2D eigenvalue weighted by Gasteiger charge is 2.08. The molecule has 0 bridgehead atoms. The highest BCUT2D eigenvalue weighted by atomic mass is 79.9. The monoisotopic (exact) mass is 402 g/mol. The fraction of sp³-hybridized carbons (Fsp3) is 0.0833. The molecule has 92 valence electrons. The van der Waals surface area contributed by atoms with Crippen molar-refractivity contribution < 1.29 is 0 Å². The van der Waals surface area contributed by atoms with Crippen LogP contribution in [-0.4, -0.2) is 9.55 Å². The van der Waals surface area contributed by atoms with Crippen molar-refractivity contribution in [2.45, 2.75) is 6.54 Å². The Morgan fingerprint density at radius 1 is 1.28 bits per heavy atom. The van der Waals surface area contributed by atoms with Crippen LogP contribution in [0.15, 0.2) is 38.6 Å². The van der Waals surface area contributed by atoms with E-state index >= 15 is 0 Å². The van der Waals surface area contributed by atoms with Gasteiger partial charge < -0.3 is 9.55 Å². The molecular formula is C12H8Br2N2S2. The Bertz CT molecular complexity index is 770. The van der Waals surface area contributed by atoms with Crippen LogP contribution in [0.3, 0.4) is 0 Å². The zero-order valence-corrected chi connectivity index (χ0v) is 13.9. The van der Waals surface area contributed by atoms with Crippen LogP contribution < -0.4 is 0 Å². The summed E-state index contributed by atoms with van der Waals surface area (Å²) in [4.78, 5) is 4.51. The lowest BCUT2D eigenvalue weighted by atomic mass is 10.3. The predicted molar refractivity (Wildman–Crippen MR) is 85.9 cm³/mol. The van der Waals surface area contributed by atoms with Gasteiger partial charge in [0.05, 0.1) is 17.6 Å². The molecule has 0 radical (unpaired) electrons. The number of aromatic nitrogens is 2. The van der Waals surface area contributed by atoms with Crippen molar-refractivity contribution in [1.29, 1.82) is 0 Å². The predicted octanol–water partition coefficient (Wildman–Crippen LogP) is 5.33. The molecule has 18 heavy (non-hydrogen) atoms. The van der Waals surface area contributed by atoms with Crippen molar-refractivity contribution in [2.75, 3.05) is 0 Å². The SMILES string of the molecule is S=c1[nH]c2cc(Br)ccc2n1Cc1sccc1Br. The molecule has 0 aliphatic carbocycles. The van der Waals surface area contributed by atoms with Crippen molar-refractivity contribution in [3.05, 3.63) is 48.2 Å². The van der Waals surface area contributed by atoms with Gasteiger partial charge in [-0.05, 0) is 57.8 Å². The van der Waals surface area contributed by atoms with Crippen molar-refractivity contribution in [2.24, 2.45) is 0 Å². The van der Waals surface area contributed by atoms with Crippen LogP contribution in [0.1, 0.15) is 4.88 Å². The third-order valence-electron chi connectivity index (χ3n) is 2.73. The normalized spacial score (nSPS) is 11.2. The topological polar surface area (TPSA) is 20.7 Å². The number of nitrogens with zero attached hydrogens (tertiary/aromatic N) is 1.